The number of nitrogens with one attached hydrogen (secondary N) is 2. The third-order valence-electron chi connectivity index (χ3n) is 4.34. The van der Waals surface area contributed by atoms with Crippen molar-refractivity contribution in [3.63, 3.8) is 0 Å². The van der Waals surface area contributed by atoms with Crippen LogP contribution in [-0.2, 0) is 17.6 Å². The Morgan fingerprint density at radius 2 is 1.92 bits per heavy atom. The zero-order chi connectivity index (χ0) is 18.0. The number of H-pyrrole nitrogens is 1. The molecule has 4 heteroatoms. The molecule has 0 spiro atoms. The first-order chi connectivity index (χ1) is 11.8. The molecule has 0 saturated carbocycles. The quantitative estimate of drug-likeness (QED) is 0.678. The van der Waals surface area contributed by atoms with Gasteiger partial charge in [0.2, 0.25) is 5.91 Å². The molecule has 0 radical (unpaired) electrons. The molecule has 0 unspecified atom stereocenters. The smallest absolute Gasteiger partial charge is 0.224 e. The number of hydrogen-bond acceptors (Lipinski definition) is 1. The molecule has 1 amide bonds. The molecule has 1 heterocycles. The van der Waals surface area contributed by atoms with Crippen molar-refractivity contribution in [2.24, 2.45) is 0 Å². The van der Waals surface area contributed by atoms with Gasteiger partial charge in [0.1, 0.15) is 0 Å². The first kappa shape index (κ1) is 17.6. The summed E-state index contributed by atoms with van der Waals surface area (Å²) in [4.78, 5) is 15.8. The van der Waals surface area contributed by atoms with Crippen molar-refractivity contribution in [3.05, 3.63) is 70.4 Å². The van der Waals surface area contributed by atoms with Gasteiger partial charge in [0.25, 0.3) is 0 Å². The van der Waals surface area contributed by atoms with Crippen LogP contribution in [0.25, 0.3) is 10.9 Å². The van der Waals surface area contributed by atoms with Crippen LogP contribution in [0.4, 0.5) is 0 Å². The van der Waals surface area contributed by atoms with E-state index >= 15 is 0 Å². The third kappa shape index (κ3) is 4.23. The Hall–Kier alpha value is -2.26. The zero-order valence-corrected chi connectivity index (χ0v) is 15.6. The number of carbonyl (C=O) groups excluding carboxylic acids is 1. The van der Waals surface area contributed by atoms with Gasteiger partial charge in [0.05, 0.1) is 6.42 Å². The summed E-state index contributed by atoms with van der Waals surface area (Å²) >= 11 is 6.24. The van der Waals surface area contributed by atoms with Gasteiger partial charge in [-0.2, -0.15) is 0 Å². The molecule has 0 aliphatic rings. The maximum atomic E-state index is 12.6. The van der Waals surface area contributed by atoms with Crippen molar-refractivity contribution >= 4 is 28.4 Å². The molecule has 3 aromatic rings. The lowest BCUT2D eigenvalue weighted by molar-refractivity contribution is -0.122. The highest BCUT2D eigenvalue weighted by Gasteiger charge is 2.22. The van der Waals surface area contributed by atoms with Gasteiger partial charge in [-0.25, -0.2) is 0 Å². The van der Waals surface area contributed by atoms with E-state index in [-0.39, 0.29) is 11.4 Å². The van der Waals surface area contributed by atoms with E-state index in [0.717, 1.165) is 27.1 Å². The number of aromatic nitrogens is 1. The minimum atomic E-state index is -0.370. The highest BCUT2D eigenvalue weighted by atomic mass is 35.5. The Morgan fingerprint density at radius 3 is 2.68 bits per heavy atom. The van der Waals surface area contributed by atoms with E-state index < -0.39 is 0 Å². The number of amides is 1. The topological polar surface area (TPSA) is 44.9 Å². The fraction of sp³-hybridized carbons (Fsp3) is 0.286. The molecule has 0 aliphatic carbocycles. The second-order valence-corrected chi connectivity index (χ2v) is 7.65. The number of fused-ring (bicyclic) bond motifs is 1. The fourth-order valence-electron chi connectivity index (χ4n) is 3.20. The minimum absolute atomic E-state index is 0.0125. The van der Waals surface area contributed by atoms with E-state index in [1.54, 1.807) is 0 Å². The standard InChI is InChI=1S/C21H23ClN2O/c1-14-8-9-17-16(13-23-19(17)10-14)11-20(25)24-21(2,3)12-15-6-4-5-7-18(15)22/h4-10,13,23H,11-12H2,1-3H3,(H,24,25). The largest absolute Gasteiger partial charge is 0.361 e. The molecule has 2 aromatic carbocycles. The van der Waals surface area contributed by atoms with E-state index in [9.17, 15) is 4.79 Å². The summed E-state index contributed by atoms with van der Waals surface area (Å²) in [6.45, 7) is 6.10. The van der Waals surface area contributed by atoms with Gasteiger partial charge in [0.15, 0.2) is 0 Å². The van der Waals surface area contributed by atoms with Crippen molar-refractivity contribution in [2.75, 3.05) is 0 Å². The summed E-state index contributed by atoms with van der Waals surface area (Å²) in [5.41, 5.74) is 3.95. The normalized spacial score (nSPS) is 11.7. The number of benzene rings is 2. The van der Waals surface area contributed by atoms with Gasteiger partial charge in [-0.05, 0) is 56.0 Å². The molecular formula is C21H23ClN2O. The molecule has 130 valence electrons. The Labute approximate surface area is 153 Å². The summed E-state index contributed by atoms with van der Waals surface area (Å²) < 4.78 is 0. The van der Waals surface area contributed by atoms with Crippen molar-refractivity contribution in [2.45, 2.75) is 39.2 Å². The van der Waals surface area contributed by atoms with Crippen LogP contribution in [0.1, 0.15) is 30.5 Å². The molecule has 0 atom stereocenters. The van der Waals surface area contributed by atoms with Gasteiger partial charge in [0, 0.05) is 27.7 Å². The molecule has 25 heavy (non-hydrogen) atoms. The van der Waals surface area contributed by atoms with Crippen LogP contribution in [0.3, 0.4) is 0 Å². The first-order valence-corrected chi connectivity index (χ1v) is 8.83. The molecule has 0 aliphatic heterocycles. The van der Waals surface area contributed by atoms with Crippen molar-refractivity contribution in [1.82, 2.24) is 10.3 Å². The second-order valence-electron chi connectivity index (χ2n) is 7.24. The highest BCUT2D eigenvalue weighted by molar-refractivity contribution is 6.31. The van der Waals surface area contributed by atoms with Gasteiger partial charge in [-0.3, -0.25) is 4.79 Å². The Morgan fingerprint density at radius 1 is 1.16 bits per heavy atom. The Kier molecular flexibility index (Phi) is 4.87. The van der Waals surface area contributed by atoms with Crippen molar-refractivity contribution in [3.8, 4) is 0 Å². The van der Waals surface area contributed by atoms with Crippen LogP contribution in [0, 0.1) is 6.92 Å². The minimum Gasteiger partial charge on any atom is -0.361 e. The number of aryl methyl sites for hydroxylation is 1. The van der Waals surface area contributed by atoms with Crippen LogP contribution in [0.2, 0.25) is 5.02 Å². The summed E-state index contributed by atoms with van der Waals surface area (Å²) in [6.07, 6.45) is 2.96. The monoisotopic (exact) mass is 354 g/mol. The average molecular weight is 355 g/mol. The summed E-state index contributed by atoms with van der Waals surface area (Å²) in [6, 6.07) is 14.0. The van der Waals surface area contributed by atoms with Crippen LogP contribution in [0.15, 0.2) is 48.7 Å². The molecule has 1 aromatic heterocycles. The van der Waals surface area contributed by atoms with Crippen LogP contribution in [0.5, 0.6) is 0 Å². The van der Waals surface area contributed by atoms with Crippen molar-refractivity contribution in [1.29, 1.82) is 0 Å². The van der Waals surface area contributed by atoms with E-state index in [1.807, 2.05) is 44.3 Å². The van der Waals surface area contributed by atoms with Crippen LogP contribution >= 0.6 is 11.6 Å². The number of hydrogen-bond donors (Lipinski definition) is 2. The predicted octanol–water partition coefficient (Wildman–Crippen LogP) is 4.81. The molecule has 3 nitrogen and oxygen atoms in total. The average Bonchev–Trinajstić information content (AvgIpc) is 2.90. The van der Waals surface area contributed by atoms with Gasteiger partial charge in [-0.1, -0.05) is 41.9 Å². The lowest BCUT2D eigenvalue weighted by Crippen LogP contribution is -2.45. The zero-order valence-electron chi connectivity index (χ0n) is 14.8. The van der Waals surface area contributed by atoms with Crippen LogP contribution < -0.4 is 5.32 Å². The van der Waals surface area contributed by atoms with E-state index in [0.29, 0.717) is 12.8 Å². The summed E-state index contributed by atoms with van der Waals surface area (Å²) in [5.74, 6) is 0.0125. The number of carbonyl (C=O) groups is 1. The molecule has 2 N–H and O–H groups in total. The molecular weight excluding hydrogens is 332 g/mol. The maximum absolute atomic E-state index is 12.6. The van der Waals surface area contributed by atoms with E-state index in [2.05, 4.69) is 35.4 Å². The lowest BCUT2D eigenvalue weighted by Gasteiger charge is -2.27. The van der Waals surface area contributed by atoms with Gasteiger partial charge >= 0.3 is 0 Å². The Balaban J connectivity index is 1.69. The van der Waals surface area contributed by atoms with E-state index in [4.69, 9.17) is 11.6 Å². The second kappa shape index (κ2) is 6.93. The number of rotatable bonds is 5. The third-order valence-corrected chi connectivity index (χ3v) is 4.71. The Bertz CT molecular complexity index is 911. The maximum Gasteiger partial charge on any atom is 0.224 e. The fourth-order valence-corrected chi connectivity index (χ4v) is 3.41. The van der Waals surface area contributed by atoms with Crippen molar-refractivity contribution < 1.29 is 4.79 Å². The van der Waals surface area contributed by atoms with Gasteiger partial charge < -0.3 is 10.3 Å². The van der Waals surface area contributed by atoms with Crippen LogP contribution in [-0.4, -0.2) is 16.4 Å². The van der Waals surface area contributed by atoms with E-state index in [1.165, 1.54) is 5.56 Å². The summed E-state index contributed by atoms with van der Waals surface area (Å²) in [5, 5.41) is 4.97. The predicted molar refractivity (Wildman–Crippen MR) is 104 cm³/mol. The molecule has 0 bridgehead atoms. The SMILES string of the molecule is Cc1ccc2c(CC(=O)NC(C)(C)Cc3ccccc3Cl)c[nH]c2c1. The highest BCUT2D eigenvalue weighted by Crippen LogP contribution is 2.22. The molecule has 3 rings (SSSR count). The number of aromatic amines is 1. The molecule has 0 fully saturated rings. The summed E-state index contributed by atoms with van der Waals surface area (Å²) in [7, 11) is 0. The lowest BCUT2D eigenvalue weighted by atomic mass is 9.94. The number of halogens is 1. The van der Waals surface area contributed by atoms with Gasteiger partial charge in [-0.15, -0.1) is 0 Å². The molecule has 0 saturated heterocycles. The first-order valence-electron chi connectivity index (χ1n) is 8.45.